The normalized spacial score (nSPS) is 18.7. The number of hydrogen-bond acceptors (Lipinski definition) is 1. The van der Waals surface area contributed by atoms with E-state index in [1.165, 1.54) is 16.7 Å². The molecule has 0 aliphatic carbocycles. The second kappa shape index (κ2) is 4.65. The number of rotatable bonds is 2. The summed E-state index contributed by atoms with van der Waals surface area (Å²) in [5.41, 5.74) is 3.72. The van der Waals surface area contributed by atoms with Crippen LogP contribution in [0.15, 0.2) is 54.6 Å². The molecule has 2 aromatic rings. The van der Waals surface area contributed by atoms with Gasteiger partial charge >= 0.3 is 0 Å². The zero-order valence-corrected chi connectivity index (χ0v) is 10.1. The summed E-state index contributed by atoms with van der Waals surface area (Å²) in [6.45, 7) is 0.753. The monoisotopic (exact) mass is 237 g/mol. The molecule has 90 valence electrons. The fraction of sp³-hybridized carbons (Fsp3) is 0.188. The van der Waals surface area contributed by atoms with Gasteiger partial charge in [-0.3, -0.25) is 4.79 Å². The summed E-state index contributed by atoms with van der Waals surface area (Å²) in [5.74, 6) is 0.455. The van der Waals surface area contributed by atoms with E-state index in [0.29, 0.717) is 12.3 Å². The summed E-state index contributed by atoms with van der Waals surface area (Å²) in [4.78, 5) is 11.4. The van der Waals surface area contributed by atoms with Crippen LogP contribution in [0.3, 0.4) is 0 Å². The minimum absolute atomic E-state index is 0.155. The maximum atomic E-state index is 11.4. The van der Waals surface area contributed by atoms with E-state index in [9.17, 15) is 4.79 Å². The van der Waals surface area contributed by atoms with Gasteiger partial charge in [-0.05, 0) is 16.7 Å². The Bertz CT molecular complexity index is 562. The second-order valence-electron chi connectivity index (χ2n) is 4.66. The molecule has 1 heterocycles. The quantitative estimate of drug-likeness (QED) is 0.854. The number of nitrogens with one attached hydrogen (secondary N) is 1. The van der Waals surface area contributed by atoms with E-state index in [4.69, 9.17) is 0 Å². The van der Waals surface area contributed by atoms with E-state index in [2.05, 4.69) is 35.6 Å². The predicted molar refractivity (Wildman–Crippen MR) is 72.2 cm³/mol. The average Bonchev–Trinajstić information content (AvgIpc) is 2.86. The Morgan fingerprint density at radius 3 is 2.39 bits per heavy atom. The third-order valence-corrected chi connectivity index (χ3v) is 3.46. The molecule has 1 fully saturated rings. The van der Waals surface area contributed by atoms with Crippen molar-refractivity contribution < 1.29 is 4.79 Å². The molecule has 2 aromatic carbocycles. The van der Waals surface area contributed by atoms with E-state index >= 15 is 0 Å². The molecule has 1 atom stereocenters. The molecule has 3 rings (SSSR count). The SMILES string of the molecule is O=C1CC(c2ccccc2-c2ccccc2)CN1. The first-order chi connectivity index (χ1) is 8.84. The van der Waals surface area contributed by atoms with E-state index in [1.54, 1.807) is 0 Å². The van der Waals surface area contributed by atoms with Crippen molar-refractivity contribution in [3.05, 3.63) is 60.2 Å². The number of amides is 1. The Hall–Kier alpha value is -2.09. The lowest BCUT2D eigenvalue weighted by atomic mass is 9.90. The molecule has 1 amide bonds. The first-order valence-electron chi connectivity index (χ1n) is 6.25. The molecule has 1 aliphatic rings. The zero-order chi connectivity index (χ0) is 12.4. The predicted octanol–water partition coefficient (Wildman–Crippen LogP) is 2.96. The maximum Gasteiger partial charge on any atom is 0.220 e. The zero-order valence-electron chi connectivity index (χ0n) is 10.1. The van der Waals surface area contributed by atoms with Crippen LogP contribution in [0.4, 0.5) is 0 Å². The van der Waals surface area contributed by atoms with Gasteiger partial charge in [-0.1, -0.05) is 54.6 Å². The molecule has 1 saturated heterocycles. The first kappa shape index (κ1) is 11.0. The Morgan fingerprint density at radius 1 is 0.944 bits per heavy atom. The van der Waals surface area contributed by atoms with Gasteiger partial charge in [0.05, 0.1) is 0 Å². The maximum absolute atomic E-state index is 11.4. The van der Waals surface area contributed by atoms with Gasteiger partial charge in [0.15, 0.2) is 0 Å². The molecule has 0 aromatic heterocycles. The van der Waals surface area contributed by atoms with Crippen molar-refractivity contribution in [3.63, 3.8) is 0 Å². The standard InChI is InChI=1S/C16H15NO/c18-16-10-13(11-17-16)15-9-5-4-8-14(15)12-6-2-1-3-7-12/h1-9,13H,10-11H2,(H,17,18). The Labute approximate surface area is 107 Å². The third-order valence-electron chi connectivity index (χ3n) is 3.46. The van der Waals surface area contributed by atoms with E-state index < -0.39 is 0 Å². The molecule has 1 aliphatic heterocycles. The van der Waals surface area contributed by atoms with Crippen molar-refractivity contribution >= 4 is 5.91 Å². The van der Waals surface area contributed by atoms with Gasteiger partial charge in [0.1, 0.15) is 0 Å². The molecule has 0 saturated carbocycles. The lowest BCUT2D eigenvalue weighted by Crippen LogP contribution is -2.13. The second-order valence-corrected chi connectivity index (χ2v) is 4.66. The van der Waals surface area contributed by atoms with Crippen LogP contribution in [0.5, 0.6) is 0 Å². The lowest BCUT2D eigenvalue weighted by Gasteiger charge is -2.14. The van der Waals surface area contributed by atoms with Gasteiger partial charge in [0, 0.05) is 18.9 Å². The van der Waals surface area contributed by atoms with Crippen molar-refractivity contribution in [2.24, 2.45) is 0 Å². The van der Waals surface area contributed by atoms with Crippen LogP contribution in [0.25, 0.3) is 11.1 Å². The Morgan fingerprint density at radius 2 is 1.67 bits per heavy atom. The van der Waals surface area contributed by atoms with Crippen LogP contribution in [0.2, 0.25) is 0 Å². The average molecular weight is 237 g/mol. The van der Waals surface area contributed by atoms with Crippen LogP contribution >= 0.6 is 0 Å². The first-order valence-corrected chi connectivity index (χ1v) is 6.25. The number of benzene rings is 2. The highest BCUT2D eigenvalue weighted by Crippen LogP contribution is 2.32. The summed E-state index contributed by atoms with van der Waals surface area (Å²) >= 11 is 0. The van der Waals surface area contributed by atoms with Crippen molar-refractivity contribution in [1.82, 2.24) is 5.32 Å². The molecule has 0 radical (unpaired) electrons. The molecule has 0 bridgehead atoms. The van der Waals surface area contributed by atoms with Crippen LogP contribution in [0, 0.1) is 0 Å². The molecular formula is C16H15NO. The largest absolute Gasteiger partial charge is 0.355 e. The highest BCUT2D eigenvalue weighted by atomic mass is 16.1. The van der Waals surface area contributed by atoms with Gasteiger partial charge in [0.2, 0.25) is 5.91 Å². The van der Waals surface area contributed by atoms with E-state index in [-0.39, 0.29) is 5.91 Å². The van der Waals surface area contributed by atoms with Crippen LogP contribution < -0.4 is 5.32 Å². The topological polar surface area (TPSA) is 29.1 Å². The van der Waals surface area contributed by atoms with Crippen molar-refractivity contribution in [2.45, 2.75) is 12.3 Å². The summed E-state index contributed by atoms with van der Waals surface area (Å²) in [6, 6.07) is 18.7. The van der Waals surface area contributed by atoms with Crippen molar-refractivity contribution in [1.29, 1.82) is 0 Å². The highest BCUT2D eigenvalue weighted by molar-refractivity contribution is 5.80. The highest BCUT2D eigenvalue weighted by Gasteiger charge is 2.24. The molecule has 0 spiro atoms. The third kappa shape index (κ3) is 2.02. The number of carbonyl (C=O) groups is 1. The van der Waals surface area contributed by atoms with Crippen LogP contribution in [-0.4, -0.2) is 12.5 Å². The summed E-state index contributed by atoms with van der Waals surface area (Å²) in [6.07, 6.45) is 0.601. The van der Waals surface area contributed by atoms with Crippen molar-refractivity contribution in [2.75, 3.05) is 6.54 Å². The molecule has 18 heavy (non-hydrogen) atoms. The van der Waals surface area contributed by atoms with Crippen LogP contribution in [0.1, 0.15) is 17.9 Å². The summed E-state index contributed by atoms with van der Waals surface area (Å²) in [7, 11) is 0. The Kier molecular flexibility index (Phi) is 2.85. The van der Waals surface area contributed by atoms with Crippen molar-refractivity contribution in [3.8, 4) is 11.1 Å². The minimum atomic E-state index is 0.155. The van der Waals surface area contributed by atoms with Crippen LogP contribution in [-0.2, 0) is 4.79 Å². The minimum Gasteiger partial charge on any atom is -0.355 e. The van der Waals surface area contributed by atoms with Gasteiger partial charge < -0.3 is 5.32 Å². The Balaban J connectivity index is 2.03. The van der Waals surface area contributed by atoms with Gasteiger partial charge in [0.25, 0.3) is 0 Å². The van der Waals surface area contributed by atoms with E-state index in [0.717, 1.165) is 6.54 Å². The molecule has 1 N–H and O–H groups in total. The van der Waals surface area contributed by atoms with Gasteiger partial charge in [-0.2, -0.15) is 0 Å². The summed E-state index contributed by atoms with van der Waals surface area (Å²) in [5, 5.41) is 2.91. The smallest absolute Gasteiger partial charge is 0.220 e. The number of hydrogen-bond donors (Lipinski definition) is 1. The van der Waals surface area contributed by atoms with Gasteiger partial charge in [-0.25, -0.2) is 0 Å². The fourth-order valence-electron chi connectivity index (χ4n) is 2.56. The fourth-order valence-corrected chi connectivity index (χ4v) is 2.56. The van der Waals surface area contributed by atoms with Gasteiger partial charge in [-0.15, -0.1) is 0 Å². The molecule has 2 heteroatoms. The number of carbonyl (C=O) groups excluding carboxylic acids is 1. The molecule has 2 nitrogen and oxygen atoms in total. The van der Waals surface area contributed by atoms with E-state index in [1.807, 2.05) is 24.3 Å². The molecular weight excluding hydrogens is 222 g/mol. The molecule has 1 unspecified atom stereocenters. The summed E-state index contributed by atoms with van der Waals surface area (Å²) < 4.78 is 0. The lowest BCUT2D eigenvalue weighted by molar-refractivity contribution is -0.119.